The molecular weight excluding hydrogens is 358 g/mol. The predicted octanol–water partition coefficient (Wildman–Crippen LogP) is 3.24. The van der Waals surface area contributed by atoms with Gasteiger partial charge >= 0.3 is 5.97 Å². The lowest BCUT2D eigenvalue weighted by atomic mass is 9.98. The lowest BCUT2D eigenvalue weighted by Gasteiger charge is -2.12. The van der Waals surface area contributed by atoms with Crippen LogP contribution in [-0.4, -0.2) is 38.2 Å². The minimum atomic E-state index is -0.596. The van der Waals surface area contributed by atoms with Crippen LogP contribution in [0.1, 0.15) is 30.9 Å². The number of rotatable bonds is 10. The maximum atomic E-state index is 11.7. The molecule has 28 heavy (non-hydrogen) atoms. The number of hydrogen-bond donors (Lipinski definition) is 1. The molecule has 0 aliphatic rings. The molecule has 0 aliphatic heterocycles. The van der Waals surface area contributed by atoms with Crippen LogP contribution in [0, 0.1) is 6.92 Å². The van der Waals surface area contributed by atoms with Crippen LogP contribution in [0.2, 0.25) is 0 Å². The third kappa shape index (κ3) is 7.31. The van der Waals surface area contributed by atoms with E-state index in [1.807, 2.05) is 55.5 Å². The van der Waals surface area contributed by atoms with Gasteiger partial charge in [-0.2, -0.15) is 0 Å². The standard InChI is InChI=1S/C22H27NO5/c1-16(2)20-10-9-19(13-17(20)3)27-15-22(25)28-14-21(24)23-11-12-26-18-7-5-4-6-8-18/h4-10,13,16H,11-12,14-15H2,1-3H3,(H,23,24). The summed E-state index contributed by atoms with van der Waals surface area (Å²) in [5.74, 6) is 0.775. The Balaban J connectivity index is 1.61. The fraction of sp³-hybridized carbons (Fsp3) is 0.364. The normalized spacial score (nSPS) is 10.4. The predicted molar refractivity (Wildman–Crippen MR) is 107 cm³/mol. The van der Waals surface area contributed by atoms with E-state index in [1.165, 1.54) is 5.56 Å². The van der Waals surface area contributed by atoms with Crippen molar-refractivity contribution in [2.45, 2.75) is 26.7 Å². The monoisotopic (exact) mass is 385 g/mol. The van der Waals surface area contributed by atoms with Crippen molar-refractivity contribution in [3.63, 3.8) is 0 Å². The quantitative estimate of drug-likeness (QED) is 0.502. The second-order valence-electron chi connectivity index (χ2n) is 6.63. The summed E-state index contributed by atoms with van der Waals surface area (Å²) < 4.78 is 15.8. The molecule has 0 fully saturated rings. The van der Waals surface area contributed by atoms with E-state index in [2.05, 4.69) is 19.2 Å². The SMILES string of the molecule is Cc1cc(OCC(=O)OCC(=O)NCCOc2ccccc2)ccc1C(C)C. The van der Waals surface area contributed by atoms with Crippen molar-refractivity contribution in [1.82, 2.24) is 5.32 Å². The number of carbonyl (C=O) groups is 2. The summed E-state index contributed by atoms with van der Waals surface area (Å²) >= 11 is 0. The van der Waals surface area contributed by atoms with Gasteiger partial charge in [0.1, 0.15) is 18.1 Å². The van der Waals surface area contributed by atoms with Gasteiger partial charge in [-0.05, 0) is 48.2 Å². The number of amides is 1. The van der Waals surface area contributed by atoms with E-state index in [1.54, 1.807) is 0 Å². The smallest absolute Gasteiger partial charge is 0.344 e. The number of nitrogens with one attached hydrogen (secondary N) is 1. The maximum Gasteiger partial charge on any atom is 0.344 e. The molecule has 0 saturated carbocycles. The fourth-order valence-corrected chi connectivity index (χ4v) is 2.64. The van der Waals surface area contributed by atoms with Gasteiger partial charge in [0.05, 0.1) is 6.54 Å². The van der Waals surface area contributed by atoms with Gasteiger partial charge in [0.25, 0.3) is 5.91 Å². The summed E-state index contributed by atoms with van der Waals surface area (Å²) in [7, 11) is 0. The van der Waals surface area contributed by atoms with Crippen LogP contribution >= 0.6 is 0 Å². The Labute approximate surface area is 165 Å². The molecule has 0 bridgehead atoms. The average molecular weight is 385 g/mol. The van der Waals surface area contributed by atoms with E-state index in [-0.39, 0.29) is 19.1 Å². The number of para-hydroxylation sites is 1. The van der Waals surface area contributed by atoms with Crippen molar-refractivity contribution in [3.05, 3.63) is 59.7 Å². The van der Waals surface area contributed by atoms with Crippen LogP contribution in [0.4, 0.5) is 0 Å². The summed E-state index contributed by atoms with van der Waals surface area (Å²) in [4.78, 5) is 23.4. The zero-order valence-corrected chi connectivity index (χ0v) is 16.6. The third-order valence-electron chi connectivity index (χ3n) is 4.02. The largest absolute Gasteiger partial charge is 0.492 e. The molecule has 150 valence electrons. The summed E-state index contributed by atoms with van der Waals surface area (Å²) in [6.45, 7) is 6.32. The highest BCUT2D eigenvalue weighted by Gasteiger charge is 2.10. The Hall–Kier alpha value is -3.02. The molecule has 1 N–H and O–H groups in total. The molecule has 6 heteroatoms. The molecule has 0 aromatic heterocycles. The minimum absolute atomic E-state index is 0.245. The highest BCUT2D eigenvalue weighted by Crippen LogP contribution is 2.23. The number of hydrogen-bond acceptors (Lipinski definition) is 5. The Kier molecular flexibility index (Phi) is 8.34. The van der Waals surface area contributed by atoms with E-state index in [4.69, 9.17) is 14.2 Å². The number of aryl methyl sites for hydroxylation is 1. The van der Waals surface area contributed by atoms with Crippen LogP contribution in [0.15, 0.2) is 48.5 Å². The van der Waals surface area contributed by atoms with E-state index in [0.29, 0.717) is 24.8 Å². The van der Waals surface area contributed by atoms with Crippen molar-refractivity contribution in [1.29, 1.82) is 0 Å². The topological polar surface area (TPSA) is 73.9 Å². The second kappa shape index (κ2) is 11.0. The number of benzene rings is 2. The van der Waals surface area contributed by atoms with Crippen molar-refractivity contribution in [2.24, 2.45) is 0 Å². The van der Waals surface area contributed by atoms with Gasteiger partial charge in [-0.25, -0.2) is 4.79 Å². The first-order valence-corrected chi connectivity index (χ1v) is 9.29. The van der Waals surface area contributed by atoms with Crippen LogP contribution < -0.4 is 14.8 Å². The van der Waals surface area contributed by atoms with Gasteiger partial charge < -0.3 is 19.5 Å². The summed E-state index contributed by atoms with van der Waals surface area (Å²) in [5, 5.41) is 2.62. The molecule has 0 saturated heterocycles. The van der Waals surface area contributed by atoms with Crippen LogP contribution in [0.5, 0.6) is 11.5 Å². The van der Waals surface area contributed by atoms with Crippen LogP contribution in [0.25, 0.3) is 0 Å². The van der Waals surface area contributed by atoms with Gasteiger partial charge in [0.15, 0.2) is 13.2 Å². The lowest BCUT2D eigenvalue weighted by Crippen LogP contribution is -2.32. The molecule has 2 rings (SSSR count). The summed E-state index contributed by atoms with van der Waals surface area (Å²) in [6.07, 6.45) is 0. The highest BCUT2D eigenvalue weighted by atomic mass is 16.6. The minimum Gasteiger partial charge on any atom is -0.492 e. The Morgan fingerprint density at radius 3 is 2.39 bits per heavy atom. The fourth-order valence-electron chi connectivity index (χ4n) is 2.64. The number of ether oxygens (including phenoxy) is 3. The van der Waals surface area contributed by atoms with Gasteiger partial charge in [-0.15, -0.1) is 0 Å². The van der Waals surface area contributed by atoms with Crippen molar-refractivity contribution < 1.29 is 23.8 Å². The molecule has 1 amide bonds. The Morgan fingerprint density at radius 2 is 1.71 bits per heavy atom. The van der Waals surface area contributed by atoms with E-state index < -0.39 is 5.97 Å². The zero-order chi connectivity index (χ0) is 20.4. The molecule has 0 radical (unpaired) electrons. The third-order valence-corrected chi connectivity index (χ3v) is 4.02. The summed E-state index contributed by atoms with van der Waals surface area (Å²) in [5.41, 5.74) is 2.35. The molecule has 6 nitrogen and oxygen atoms in total. The van der Waals surface area contributed by atoms with Crippen molar-refractivity contribution >= 4 is 11.9 Å². The van der Waals surface area contributed by atoms with E-state index in [0.717, 1.165) is 11.3 Å². The molecule has 0 unspecified atom stereocenters. The Bertz CT molecular complexity index is 774. The van der Waals surface area contributed by atoms with Gasteiger partial charge in [-0.1, -0.05) is 38.1 Å². The van der Waals surface area contributed by atoms with Gasteiger partial charge in [0.2, 0.25) is 0 Å². The maximum absolute atomic E-state index is 11.7. The molecular formula is C22H27NO5. The number of carbonyl (C=O) groups excluding carboxylic acids is 2. The van der Waals surface area contributed by atoms with Gasteiger partial charge in [-0.3, -0.25) is 4.79 Å². The zero-order valence-electron chi connectivity index (χ0n) is 16.6. The molecule has 0 aliphatic carbocycles. The number of esters is 1. The molecule has 0 heterocycles. The van der Waals surface area contributed by atoms with E-state index >= 15 is 0 Å². The van der Waals surface area contributed by atoms with E-state index in [9.17, 15) is 9.59 Å². The molecule has 0 atom stereocenters. The Morgan fingerprint density at radius 1 is 0.964 bits per heavy atom. The molecule has 2 aromatic rings. The molecule has 0 spiro atoms. The van der Waals surface area contributed by atoms with Gasteiger partial charge in [0, 0.05) is 0 Å². The lowest BCUT2D eigenvalue weighted by molar-refractivity contribution is -0.150. The first kappa shape index (κ1) is 21.3. The summed E-state index contributed by atoms with van der Waals surface area (Å²) in [6, 6.07) is 15.0. The van der Waals surface area contributed by atoms with Crippen LogP contribution in [-0.2, 0) is 14.3 Å². The average Bonchev–Trinajstić information content (AvgIpc) is 2.68. The van der Waals surface area contributed by atoms with Crippen molar-refractivity contribution in [3.8, 4) is 11.5 Å². The van der Waals surface area contributed by atoms with Crippen LogP contribution in [0.3, 0.4) is 0 Å². The first-order valence-electron chi connectivity index (χ1n) is 9.29. The second-order valence-corrected chi connectivity index (χ2v) is 6.63. The first-order chi connectivity index (χ1) is 13.5. The van der Waals surface area contributed by atoms with Crippen molar-refractivity contribution in [2.75, 3.05) is 26.4 Å². The highest BCUT2D eigenvalue weighted by molar-refractivity contribution is 5.80. The molecule has 2 aromatic carbocycles.